The molecule has 1 aromatic heterocycles. The molecule has 0 spiro atoms. The Morgan fingerprint density at radius 1 is 1.36 bits per heavy atom. The maximum Gasteiger partial charge on any atom is 0.410 e. The van der Waals surface area contributed by atoms with Crippen LogP contribution in [0.25, 0.3) is 0 Å². The lowest BCUT2D eigenvalue weighted by atomic mass is 10.1. The van der Waals surface area contributed by atoms with Crippen molar-refractivity contribution in [2.75, 3.05) is 13.1 Å². The molecule has 1 N–H and O–H groups in total. The minimum Gasteiger partial charge on any atom is -0.444 e. The first-order chi connectivity index (χ1) is 10.3. The summed E-state index contributed by atoms with van der Waals surface area (Å²) < 4.78 is 5.47. The Morgan fingerprint density at radius 3 is 2.77 bits per heavy atom. The van der Waals surface area contributed by atoms with Gasteiger partial charge in [-0.1, -0.05) is 0 Å². The second kappa shape index (κ2) is 7.47. The predicted octanol–water partition coefficient (Wildman–Crippen LogP) is 3.94. The van der Waals surface area contributed by atoms with Gasteiger partial charge < -0.3 is 15.0 Å². The topological polar surface area (TPSA) is 41.6 Å². The van der Waals surface area contributed by atoms with Crippen LogP contribution >= 0.6 is 11.3 Å². The van der Waals surface area contributed by atoms with E-state index in [9.17, 15) is 4.79 Å². The molecular weight excluding hydrogens is 296 g/mol. The summed E-state index contributed by atoms with van der Waals surface area (Å²) in [6.45, 7) is 10.4. The molecule has 1 saturated heterocycles. The minimum atomic E-state index is -0.419. The fourth-order valence-corrected chi connectivity index (χ4v) is 3.48. The summed E-state index contributed by atoms with van der Waals surface area (Å²) in [5.41, 5.74) is -0.419. The zero-order chi connectivity index (χ0) is 16.2. The second-order valence-electron chi connectivity index (χ2n) is 6.99. The van der Waals surface area contributed by atoms with Gasteiger partial charge in [0, 0.05) is 35.4 Å². The van der Waals surface area contributed by atoms with Crippen molar-refractivity contribution in [3.63, 3.8) is 0 Å². The van der Waals surface area contributed by atoms with Crippen LogP contribution < -0.4 is 5.32 Å². The molecule has 5 heteroatoms. The van der Waals surface area contributed by atoms with Crippen molar-refractivity contribution in [3.05, 3.63) is 21.9 Å². The Balaban J connectivity index is 1.78. The van der Waals surface area contributed by atoms with Gasteiger partial charge >= 0.3 is 6.09 Å². The number of nitrogens with zero attached hydrogens (tertiary/aromatic N) is 1. The van der Waals surface area contributed by atoms with Crippen LogP contribution in [0.5, 0.6) is 0 Å². The van der Waals surface area contributed by atoms with Crippen LogP contribution in [-0.4, -0.2) is 35.7 Å². The fourth-order valence-electron chi connectivity index (χ4n) is 2.63. The fraction of sp³-hybridized carbons (Fsp3) is 0.706. The zero-order valence-corrected chi connectivity index (χ0v) is 15.0. The second-order valence-corrected chi connectivity index (χ2v) is 8.36. The molecule has 2 heterocycles. The van der Waals surface area contributed by atoms with Crippen molar-refractivity contribution in [3.8, 4) is 0 Å². The molecule has 1 fully saturated rings. The first kappa shape index (κ1) is 17.3. The lowest BCUT2D eigenvalue weighted by Crippen LogP contribution is -2.38. The third-order valence-electron chi connectivity index (χ3n) is 3.74. The maximum absolute atomic E-state index is 12.1. The quantitative estimate of drug-likeness (QED) is 0.916. The number of ether oxygens (including phenoxy) is 1. The number of carbonyl (C=O) groups excluding carboxylic acids is 1. The first-order valence-corrected chi connectivity index (χ1v) is 8.92. The number of thiophene rings is 1. The predicted molar refractivity (Wildman–Crippen MR) is 91.3 cm³/mol. The SMILES string of the molecule is Cc1ccc(CNC2CCCN(C(=O)OC(C)(C)C)CC2)s1. The molecule has 0 aliphatic carbocycles. The van der Waals surface area contributed by atoms with E-state index < -0.39 is 5.60 Å². The highest BCUT2D eigenvalue weighted by Crippen LogP contribution is 2.18. The van der Waals surface area contributed by atoms with Gasteiger partial charge in [0.15, 0.2) is 0 Å². The van der Waals surface area contributed by atoms with Gasteiger partial charge in [-0.25, -0.2) is 4.79 Å². The average molecular weight is 324 g/mol. The summed E-state index contributed by atoms with van der Waals surface area (Å²) in [5.74, 6) is 0. The standard InChI is InChI=1S/C17H28N2O2S/c1-13-7-8-15(22-13)12-18-14-6-5-10-19(11-9-14)16(20)21-17(2,3)4/h7-8,14,18H,5-6,9-12H2,1-4H3. The lowest BCUT2D eigenvalue weighted by molar-refractivity contribution is 0.0256. The highest BCUT2D eigenvalue weighted by molar-refractivity contribution is 7.11. The number of aryl methyl sites for hydroxylation is 1. The van der Waals surface area contributed by atoms with Crippen LogP contribution in [0.4, 0.5) is 4.79 Å². The molecule has 1 aliphatic heterocycles. The van der Waals surface area contributed by atoms with Crippen LogP contribution in [0.2, 0.25) is 0 Å². The van der Waals surface area contributed by atoms with E-state index in [1.54, 1.807) is 0 Å². The van der Waals surface area contributed by atoms with Crippen LogP contribution in [0.1, 0.15) is 49.8 Å². The molecule has 0 bridgehead atoms. The van der Waals surface area contributed by atoms with Crippen molar-refractivity contribution >= 4 is 17.4 Å². The molecule has 1 aliphatic rings. The normalized spacial score (nSPS) is 19.8. The molecular formula is C17H28N2O2S. The lowest BCUT2D eigenvalue weighted by Gasteiger charge is -2.26. The molecule has 22 heavy (non-hydrogen) atoms. The summed E-state index contributed by atoms with van der Waals surface area (Å²) in [5, 5.41) is 3.63. The molecule has 0 radical (unpaired) electrons. The van der Waals surface area contributed by atoms with E-state index in [1.807, 2.05) is 37.0 Å². The Bertz CT molecular complexity index is 493. The van der Waals surface area contributed by atoms with Crippen molar-refractivity contribution in [1.82, 2.24) is 10.2 Å². The van der Waals surface area contributed by atoms with E-state index in [-0.39, 0.29) is 6.09 Å². The minimum absolute atomic E-state index is 0.179. The third kappa shape index (κ3) is 5.61. The Morgan fingerprint density at radius 2 is 2.14 bits per heavy atom. The zero-order valence-electron chi connectivity index (χ0n) is 14.1. The van der Waals surface area contributed by atoms with E-state index in [4.69, 9.17) is 4.74 Å². The van der Waals surface area contributed by atoms with Gasteiger partial charge in [-0.15, -0.1) is 11.3 Å². The maximum atomic E-state index is 12.1. The van der Waals surface area contributed by atoms with E-state index >= 15 is 0 Å². The number of amides is 1. The van der Waals surface area contributed by atoms with Gasteiger partial charge in [0.05, 0.1) is 0 Å². The monoisotopic (exact) mass is 324 g/mol. The molecule has 2 rings (SSSR count). The number of hydrogen-bond donors (Lipinski definition) is 1. The Kier molecular flexibility index (Phi) is 5.87. The average Bonchev–Trinajstić information content (AvgIpc) is 2.69. The largest absolute Gasteiger partial charge is 0.444 e. The number of nitrogens with one attached hydrogen (secondary N) is 1. The van der Waals surface area contributed by atoms with Gasteiger partial charge in [0.2, 0.25) is 0 Å². The Hall–Kier alpha value is -1.07. The number of carbonyl (C=O) groups is 1. The summed E-state index contributed by atoms with van der Waals surface area (Å²) in [6, 6.07) is 4.84. The highest BCUT2D eigenvalue weighted by Gasteiger charge is 2.25. The molecule has 124 valence electrons. The highest BCUT2D eigenvalue weighted by atomic mass is 32.1. The summed E-state index contributed by atoms with van der Waals surface area (Å²) in [4.78, 5) is 16.7. The molecule has 1 amide bonds. The summed E-state index contributed by atoms with van der Waals surface area (Å²) >= 11 is 1.85. The van der Waals surface area contributed by atoms with Crippen LogP contribution in [0, 0.1) is 6.92 Å². The van der Waals surface area contributed by atoms with Crippen molar-refractivity contribution in [1.29, 1.82) is 0 Å². The van der Waals surface area contributed by atoms with E-state index in [0.717, 1.165) is 38.9 Å². The molecule has 1 aromatic rings. The van der Waals surface area contributed by atoms with Crippen molar-refractivity contribution < 1.29 is 9.53 Å². The molecule has 1 unspecified atom stereocenters. The molecule has 0 saturated carbocycles. The van der Waals surface area contributed by atoms with Crippen molar-refractivity contribution in [2.24, 2.45) is 0 Å². The van der Waals surface area contributed by atoms with Gasteiger partial charge in [0.1, 0.15) is 5.60 Å². The number of hydrogen-bond acceptors (Lipinski definition) is 4. The van der Waals surface area contributed by atoms with E-state index in [0.29, 0.717) is 6.04 Å². The first-order valence-electron chi connectivity index (χ1n) is 8.10. The Labute approximate surface area is 137 Å². The summed E-state index contributed by atoms with van der Waals surface area (Å²) in [6.07, 6.45) is 2.95. The van der Waals surface area contributed by atoms with Crippen LogP contribution in [0.3, 0.4) is 0 Å². The van der Waals surface area contributed by atoms with Gasteiger partial charge in [-0.05, 0) is 59.1 Å². The van der Waals surface area contributed by atoms with E-state index in [1.165, 1.54) is 9.75 Å². The molecule has 4 nitrogen and oxygen atoms in total. The smallest absolute Gasteiger partial charge is 0.410 e. The number of rotatable bonds is 3. The van der Waals surface area contributed by atoms with Crippen LogP contribution in [-0.2, 0) is 11.3 Å². The van der Waals surface area contributed by atoms with Crippen LogP contribution in [0.15, 0.2) is 12.1 Å². The molecule has 0 aromatic carbocycles. The molecule has 1 atom stereocenters. The third-order valence-corrected chi connectivity index (χ3v) is 4.74. The van der Waals surface area contributed by atoms with E-state index in [2.05, 4.69) is 24.4 Å². The van der Waals surface area contributed by atoms with Gasteiger partial charge in [-0.3, -0.25) is 0 Å². The summed E-state index contributed by atoms with van der Waals surface area (Å²) in [7, 11) is 0. The van der Waals surface area contributed by atoms with Crippen molar-refractivity contribution in [2.45, 2.75) is 65.1 Å². The van der Waals surface area contributed by atoms with Gasteiger partial charge in [-0.2, -0.15) is 0 Å². The van der Waals surface area contributed by atoms with Gasteiger partial charge in [0.25, 0.3) is 0 Å². The number of likely N-dealkylation sites (tertiary alicyclic amines) is 1.